The van der Waals surface area contributed by atoms with Crippen LogP contribution in [-0.4, -0.2) is 42.3 Å². The molecule has 0 radical (unpaired) electrons. The van der Waals surface area contributed by atoms with Gasteiger partial charge in [0, 0.05) is 13.1 Å². The van der Waals surface area contributed by atoms with Gasteiger partial charge in [0.05, 0.1) is 0 Å². The third-order valence-electron chi connectivity index (χ3n) is 2.28. The summed E-state index contributed by atoms with van der Waals surface area (Å²) in [5.41, 5.74) is 10.7. The van der Waals surface area contributed by atoms with E-state index in [1.54, 1.807) is 0 Å². The lowest BCUT2D eigenvalue weighted by Crippen LogP contribution is -2.32. The van der Waals surface area contributed by atoms with Gasteiger partial charge in [0.2, 0.25) is 0 Å². The van der Waals surface area contributed by atoms with E-state index in [0.717, 1.165) is 38.6 Å². The van der Waals surface area contributed by atoms with E-state index in [2.05, 4.69) is 0 Å². The van der Waals surface area contributed by atoms with Crippen LogP contribution < -0.4 is 11.5 Å². The van der Waals surface area contributed by atoms with Crippen LogP contribution in [0.1, 0.15) is 32.1 Å². The number of amides is 1. The van der Waals surface area contributed by atoms with E-state index in [4.69, 9.17) is 16.6 Å². The summed E-state index contributed by atoms with van der Waals surface area (Å²) in [5.74, 6) is 0. The van der Waals surface area contributed by atoms with Gasteiger partial charge in [-0.05, 0) is 32.4 Å². The van der Waals surface area contributed by atoms with Crippen LogP contribution in [0.25, 0.3) is 0 Å². The van der Waals surface area contributed by atoms with Crippen molar-refractivity contribution in [2.45, 2.75) is 32.1 Å². The molecule has 0 spiro atoms. The average Bonchev–Trinajstić information content (AvgIpc) is 2.21. The SMILES string of the molecule is Cl.Cl.NCCCCCCN(CCCN)C(=O)O. The number of nitrogens with zero attached hydrogens (tertiary/aromatic N) is 1. The van der Waals surface area contributed by atoms with Crippen molar-refractivity contribution in [3.63, 3.8) is 0 Å². The molecular weight excluding hydrogens is 265 g/mol. The molecule has 0 atom stereocenters. The smallest absolute Gasteiger partial charge is 0.407 e. The van der Waals surface area contributed by atoms with Crippen LogP contribution in [0.3, 0.4) is 0 Å². The number of carboxylic acid groups (broad SMARTS) is 1. The molecule has 5 nitrogen and oxygen atoms in total. The summed E-state index contributed by atoms with van der Waals surface area (Å²) in [7, 11) is 0. The molecule has 0 aromatic rings. The summed E-state index contributed by atoms with van der Waals surface area (Å²) in [6, 6.07) is 0. The van der Waals surface area contributed by atoms with Crippen molar-refractivity contribution in [3.05, 3.63) is 0 Å². The van der Waals surface area contributed by atoms with Crippen LogP contribution in [0, 0.1) is 0 Å². The summed E-state index contributed by atoms with van der Waals surface area (Å²) >= 11 is 0. The van der Waals surface area contributed by atoms with Crippen molar-refractivity contribution in [1.29, 1.82) is 0 Å². The highest BCUT2D eigenvalue weighted by atomic mass is 35.5. The number of rotatable bonds is 9. The zero-order valence-corrected chi connectivity index (χ0v) is 11.8. The Morgan fingerprint density at radius 1 is 0.882 bits per heavy atom. The molecule has 17 heavy (non-hydrogen) atoms. The van der Waals surface area contributed by atoms with Gasteiger partial charge in [-0.1, -0.05) is 12.8 Å². The number of hydrogen-bond acceptors (Lipinski definition) is 3. The number of nitrogens with two attached hydrogens (primary N) is 2. The molecule has 0 aliphatic carbocycles. The molecule has 0 aromatic heterocycles. The fourth-order valence-electron chi connectivity index (χ4n) is 1.39. The fourth-order valence-corrected chi connectivity index (χ4v) is 1.39. The third-order valence-corrected chi connectivity index (χ3v) is 2.28. The lowest BCUT2D eigenvalue weighted by atomic mass is 10.2. The maximum Gasteiger partial charge on any atom is 0.407 e. The summed E-state index contributed by atoms with van der Waals surface area (Å²) in [6.45, 7) is 2.41. The van der Waals surface area contributed by atoms with E-state index in [0.29, 0.717) is 19.6 Å². The molecular formula is C10H25Cl2N3O2. The van der Waals surface area contributed by atoms with Gasteiger partial charge >= 0.3 is 6.09 Å². The summed E-state index contributed by atoms with van der Waals surface area (Å²) in [4.78, 5) is 12.2. The standard InChI is InChI=1S/C10H23N3O2.2ClH/c11-6-3-1-2-4-8-13(10(14)15)9-5-7-12;;/h1-9,11-12H2,(H,14,15);2*1H. The Balaban J connectivity index is -0.000000980. The van der Waals surface area contributed by atoms with E-state index in [1.165, 1.54) is 4.90 Å². The van der Waals surface area contributed by atoms with Crippen LogP contribution in [0.2, 0.25) is 0 Å². The molecule has 1 amide bonds. The van der Waals surface area contributed by atoms with Crippen molar-refractivity contribution < 1.29 is 9.90 Å². The second-order valence-corrected chi connectivity index (χ2v) is 3.61. The zero-order chi connectivity index (χ0) is 11.5. The first-order valence-corrected chi connectivity index (χ1v) is 5.60. The molecule has 0 bridgehead atoms. The first-order chi connectivity index (χ1) is 7.22. The predicted molar refractivity (Wildman–Crippen MR) is 75.3 cm³/mol. The van der Waals surface area contributed by atoms with Gasteiger partial charge in [-0.15, -0.1) is 24.8 Å². The summed E-state index contributed by atoms with van der Waals surface area (Å²) in [5, 5.41) is 8.87. The average molecular weight is 290 g/mol. The summed E-state index contributed by atoms with van der Waals surface area (Å²) in [6.07, 6.45) is 3.95. The van der Waals surface area contributed by atoms with Gasteiger partial charge in [0.1, 0.15) is 0 Å². The highest BCUT2D eigenvalue weighted by Crippen LogP contribution is 2.02. The van der Waals surface area contributed by atoms with Crippen LogP contribution >= 0.6 is 24.8 Å². The summed E-state index contributed by atoms with van der Waals surface area (Å²) < 4.78 is 0. The molecule has 106 valence electrons. The quantitative estimate of drug-likeness (QED) is 0.563. The predicted octanol–water partition coefficient (Wildman–Crippen LogP) is 1.68. The lowest BCUT2D eigenvalue weighted by Gasteiger charge is -2.18. The molecule has 0 rings (SSSR count). The molecule has 0 fully saturated rings. The van der Waals surface area contributed by atoms with Crippen molar-refractivity contribution in [1.82, 2.24) is 4.90 Å². The monoisotopic (exact) mass is 289 g/mol. The van der Waals surface area contributed by atoms with Crippen molar-refractivity contribution in [3.8, 4) is 0 Å². The number of halogens is 2. The minimum absolute atomic E-state index is 0. The topological polar surface area (TPSA) is 92.6 Å². The Morgan fingerprint density at radius 2 is 1.35 bits per heavy atom. The van der Waals surface area contributed by atoms with Crippen LogP contribution in [-0.2, 0) is 0 Å². The van der Waals surface area contributed by atoms with Gasteiger partial charge < -0.3 is 21.5 Å². The molecule has 0 heterocycles. The molecule has 0 saturated heterocycles. The second kappa shape index (κ2) is 15.8. The van der Waals surface area contributed by atoms with E-state index >= 15 is 0 Å². The lowest BCUT2D eigenvalue weighted by molar-refractivity contribution is 0.144. The Labute approximate surface area is 116 Å². The first-order valence-electron chi connectivity index (χ1n) is 5.60. The number of hydrogen-bond donors (Lipinski definition) is 3. The first kappa shape index (κ1) is 22.0. The van der Waals surface area contributed by atoms with Gasteiger partial charge in [-0.25, -0.2) is 4.79 Å². The number of unbranched alkanes of at least 4 members (excludes halogenated alkanes) is 3. The molecule has 0 aromatic carbocycles. The van der Waals surface area contributed by atoms with Gasteiger partial charge in [-0.2, -0.15) is 0 Å². The Morgan fingerprint density at radius 3 is 1.82 bits per heavy atom. The molecule has 0 saturated carbocycles. The molecule has 5 N–H and O–H groups in total. The van der Waals surface area contributed by atoms with E-state index in [1.807, 2.05) is 0 Å². The van der Waals surface area contributed by atoms with Gasteiger partial charge in [0.15, 0.2) is 0 Å². The van der Waals surface area contributed by atoms with E-state index in [-0.39, 0.29) is 24.8 Å². The minimum Gasteiger partial charge on any atom is -0.465 e. The normalized spacial score (nSPS) is 9.06. The third kappa shape index (κ3) is 13.7. The Bertz CT molecular complexity index is 174. The number of carbonyl (C=O) groups is 1. The molecule has 7 heteroatoms. The Hall–Kier alpha value is -0.230. The Kier molecular flexibility index (Phi) is 20.4. The maximum absolute atomic E-state index is 10.8. The van der Waals surface area contributed by atoms with Crippen LogP contribution in [0.15, 0.2) is 0 Å². The highest BCUT2D eigenvalue weighted by Gasteiger charge is 2.09. The van der Waals surface area contributed by atoms with Gasteiger partial charge in [0.25, 0.3) is 0 Å². The molecule has 0 unspecified atom stereocenters. The van der Waals surface area contributed by atoms with E-state index < -0.39 is 6.09 Å². The highest BCUT2D eigenvalue weighted by molar-refractivity contribution is 5.85. The van der Waals surface area contributed by atoms with Crippen LogP contribution in [0.5, 0.6) is 0 Å². The largest absolute Gasteiger partial charge is 0.465 e. The minimum atomic E-state index is -0.845. The fraction of sp³-hybridized carbons (Fsp3) is 0.900. The second-order valence-electron chi connectivity index (χ2n) is 3.61. The maximum atomic E-state index is 10.8. The van der Waals surface area contributed by atoms with E-state index in [9.17, 15) is 4.79 Å². The molecule has 0 aliphatic heterocycles. The van der Waals surface area contributed by atoms with Crippen LogP contribution in [0.4, 0.5) is 4.79 Å². The van der Waals surface area contributed by atoms with Gasteiger partial charge in [-0.3, -0.25) is 0 Å². The van der Waals surface area contributed by atoms with Crippen molar-refractivity contribution >= 4 is 30.9 Å². The van der Waals surface area contributed by atoms with Crippen molar-refractivity contribution in [2.75, 3.05) is 26.2 Å². The zero-order valence-electron chi connectivity index (χ0n) is 10.1. The van der Waals surface area contributed by atoms with Crippen molar-refractivity contribution in [2.24, 2.45) is 11.5 Å². The molecule has 0 aliphatic rings.